The third-order valence-corrected chi connectivity index (χ3v) is 5.72. The van der Waals surface area contributed by atoms with E-state index in [0.717, 1.165) is 24.8 Å². The van der Waals surface area contributed by atoms with Crippen LogP contribution < -0.4 is 5.73 Å². The number of amides is 1. The summed E-state index contributed by atoms with van der Waals surface area (Å²) in [6, 6.07) is 7.07. The van der Waals surface area contributed by atoms with Crippen molar-refractivity contribution in [3.8, 4) is 17.0 Å². The largest absolute Gasteiger partial charge is 0.507 e. The van der Waals surface area contributed by atoms with Crippen molar-refractivity contribution in [3.63, 3.8) is 0 Å². The van der Waals surface area contributed by atoms with Crippen LogP contribution in [-0.2, 0) is 4.74 Å². The van der Waals surface area contributed by atoms with E-state index < -0.39 is 5.60 Å². The first-order valence-electron chi connectivity index (χ1n) is 11.3. The second-order valence-electron chi connectivity index (χ2n) is 9.48. The van der Waals surface area contributed by atoms with E-state index in [4.69, 9.17) is 10.5 Å². The second kappa shape index (κ2) is 9.13. The highest BCUT2D eigenvalue weighted by Gasteiger charge is 2.26. The van der Waals surface area contributed by atoms with Crippen LogP contribution in [0.2, 0.25) is 0 Å². The van der Waals surface area contributed by atoms with Crippen molar-refractivity contribution in [3.05, 3.63) is 48.3 Å². The van der Waals surface area contributed by atoms with Gasteiger partial charge < -0.3 is 20.5 Å². The lowest BCUT2D eigenvalue weighted by Gasteiger charge is -2.33. The zero-order valence-electron chi connectivity index (χ0n) is 19.4. The number of phenols is 1. The molecule has 0 saturated carbocycles. The summed E-state index contributed by atoms with van der Waals surface area (Å²) in [6.07, 6.45) is 10.4. The summed E-state index contributed by atoms with van der Waals surface area (Å²) in [4.78, 5) is 22.9. The second-order valence-corrected chi connectivity index (χ2v) is 9.48. The molecule has 0 unspecified atom stereocenters. The van der Waals surface area contributed by atoms with Gasteiger partial charge in [0.1, 0.15) is 17.2 Å². The van der Waals surface area contributed by atoms with Crippen LogP contribution in [0.1, 0.15) is 45.6 Å². The first-order chi connectivity index (χ1) is 15.7. The highest BCUT2D eigenvalue weighted by molar-refractivity contribution is 5.70. The number of para-hydroxylation sites is 1. The van der Waals surface area contributed by atoms with Crippen LogP contribution in [0.25, 0.3) is 23.1 Å². The molecule has 1 saturated heterocycles. The van der Waals surface area contributed by atoms with Crippen LogP contribution in [0.4, 0.5) is 10.6 Å². The van der Waals surface area contributed by atoms with Gasteiger partial charge in [-0.2, -0.15) is 4.98 Å². The smallest absolute Gasteiger partial charge is 0.410 e. The molecule has 1 amide bonds. The Morgan fingerprint density at radius 3 is 2.64 bits per heavy atom. The van der Waals surface area contributed by atoms with Gasteiger partial charge in [0.05, 0.1) is 5.69 Å². The van der Waals surface area contributed by atoms with Crippen molar-refractivity contribution in [2.45, 2.75) is 45.6 Å². The van der Waals surface area contributed by atoms with Gasteiger partial charge in [-0.1, -0.05) is 24.3 Å². The summed E-state index contributed by atoms with van der Waals surface area (Å²) < 4.78 is 7.28. The van der Waals surface area contributed by atoms with Gasteiger partial charge >= 0.3 is 6.09 Å². The van der Waals surface area contributed by atoms with Crippen LogP contribution in [-0.4, -0.2) is 49.2 Å². The first-order valence-corrected chi connectivity index (χ1v) is 11.3. The number of nitrogens with zero attached hydrogens (tertiary/aromatic N) is 4. The van der Waals surface area contributed by atoms with Gasteiger partial charge in [-0.3, -0.25) is 4.40 Å². The number of anilines is 1. The normalized spacial score (nSPS) is 15.4. The van der Waals surface area contributed by atoms with Crippen LogP contribution in [0.3, 0.4) is 0 Å². The number of rotatable bonds is 4. The number of carbonyl (C=O) groups excluding carboxylic acids is 1. The molecule has 2 aromatic heterocycles. The molecule has 1 fully saturated rings. The fourth-order valence-electron chi connectivity index (χ4n) is 3.96. The Balaban J connectivity index is 1.38. The summed E-state index contributed by atoms with van der Waals surface area (Å²) in [7, 11) is 0. The summed E-state index contributed by atoms with van der Waals surface area (Å²) in [5.74, 6) is 1.58. The lowest BCUT2D eigenvalue weighted by molar-refractivity contribution is 0.0185. The minimum atomic E-state index is -0.469. The highest BCUT2D eigenvalue weighted by atomic mass is 16.6. The van der Waals surface area contributed by atoms with Gasteiger partial charge in [0.15, 0.2) is 0 Å². The fourth-order valence-corrected chi connectivity index (χ4v) is 3.96. The van der Waals surface area contributed by atoms with Gasteiger partial charge in [-0.15, -0.1) is 0 Å². The molecule has 3 N–H and O–H groups in total. The van der Waals surface area contributed by atoms with Crippen molar-refractivity contribution < 1.29 is 14.6 Å². The lowest BCUT2D eigenvalue weighted by Crippen LogP contribution is -2.41. The molecule has 0 atom stereocenters. The number of aromatic hydroxyl groups is 1. The molecular formula is C25H31N5O3. The number of piperidine rings is 1. The average molecular weight is 450 g/mol. The Bertz CT molecular complexity index is 1170. The van der Waals surface area contributed by atoms with Crippen LogP contribution in [0.5, 0.6) is 5.75 Å². The van der Waals surface area contributed by atoms with Gasteiger partial charge in [0.2, 0.25) is 5.78 Å². The topological polar surface area (TPSA) is 106 Å². The molecule has 8 heteroatoms. The van der Waals surface area contributed by atoms with Crippen molar-refractivity contribution in [1.82, 2.24) is 19.3 Å². The predicted octanol–water partition coefficient (Wildman–Crippen LogP) is 4.73. The Hall–Kier alpha value is -3.55. The molecule has 174 valence electrons. The van der Waals surface area contributed by atoms with E-state index in [0.29, 0.717) is 41.9 Å². The molecule has 0 spiro atoms. The number of carbonyl (C=O) groups is 1. The number of allylic oxidation sites excluding steroid dienone is 1. The molecule has 1 aliphatic rings. The molecule has 0 radical (unpaired) electrons. The first kappa shape index (κ1) is 22.6. The maximum absolute atomic E-state index is 12.2. The number of likely N-dealkylation sites (tertiary alicyclic amines) is 1. The van der Waals surface area contributed by atoms with Crippen molar-refractivity contribution in [2.24, 2.45) is 5.92 Å². The molecule has 1 aliphatic heterocycles. The van der Waals surface area contributed by atoms with Gasteiger partial charge in [0, 0.05) is 36.6 Å². The summed E-state index contributed by atoms with van der Waals surface area (Å²) in [5.41, 5.74) is 7.79. The molecule has 0 bridgehead atoms. The number of nitrogen functional groups attached to an aromatic ring is 1. The van der Waals surface area contributed by atoms with E-state index in [-0.39, 0.29) is 11.8 Å². The zero-order chi connectivity index (χ0) is 23.6. The SMILES string of the molecule is CC(C)(C)OC(=O)N1CCC(CC=Cc2cn3cc(-c4ccccc4O)nc3nc2N)CC1. The summed E-state index contributed by atoms with van der Waals surface area (Å²) in [5, 5.41) is 10.1. The van der Waals surface area contributed by atoms with Crippen molar-refractivity contribution in [1.29, 1.82) is 0 Å². The molecule has 0 aliphatic carbocycles. The standard InChI is InChI=1S/C25H31N5O3/c1-25(2,3)33-24(32)29-13-11-17(12-14-29)7-6-8-18-15-30-16-20(27-23(30)28-22(18)26)19-9-4-5-10-21(19)31/h4-6,8-10,15-17,31H,7,11-14H2,1-3H3,(H2,26,27,28). The van der Waals surface area contributed by atoms with Crippen LogP contribution in [0, 0.1) is 5.92 Å². The maximum Gasteiger partial charge on any atom is 0.410 e. The van der Waals surface area contributed by atoms with Gasteiger partial charge in [-0.25, -0.2) is 9.78 Å². The Morgan fingerprint density at radius 1 is 1.21 bits per heavy atom. The number of phenolic OH excluding ortho intramolecular Hbond substituents is 1. The van der Waals surface area contributed by atoms with E-state index >= 15 is 0 Å². The van der Waals surface area contributed by atoms with Crippen LogP contribution >= 0.6 is 0 Å². The molecule has 1 aromatic carbocycles. The quantitative estimate of drug-likeness (QED) is 0.596. The number of ether oxygens (including phenoxy) is 1. The number of hydrogen-bond acceptors (Lipinski definition) is 6. The van der Waals surface area contributed by atoms with E-state index in [2.05, 4.69) is 16.0 Å². The van der Waals surface area contributed by atoms with E-state index in [1.54, 1.807) is 17.0 Å². The van der Waals surface area contributed by atoms with Gasteiger partial charge in [-0.05, 0) is 58.1 Å². The number of nitrogens with two attached hydrogens (primary N) is 1. The maximum atomic E-state index is 12.2. The highest BCUT2D eigenvalue weighted by Crippen LogP contribution is 2.28. The monoisotopic (exact) mass is 449 g/mol. The molecule has 4 rings (SSSR count). The lowest BCUT2D eigenvalue weighted by atomic mass is 9.93. The molecule has 33 heavy (non-hydrogen) atoms. The van der Waals surface area contributed by atoms with E-state index in [9.17, 15) is 9.90 Å². The van der Waals surface area contributed by atoms with E-state index in [1.807, 2.05) is 55.8 Å². The number of benzene rings is 1. The average Bonchev–Trinajstić information content (AvgIpc) is 3.16. The zero-order valence-corrected chi connectivity index (χ0v) is 19.4. The van der Waals surface area contributed by atoms with Crippen molar-refractivity contribution >= 4 is 23.8 Å². The van der Waals surface area contributed by atoms with Crippen LogP contribution in [0.15, 0.2) is 42.7 Å². The fraction of sp³-hybridized carbons (Fsp3) is 0.400. The summed E-state index contributed by atoms with van der Waals surface area (Å²) >= 11 is 0. The van der Waals surface area contributed by atoms with E-state index in [1.165, 1.54) is 0 Å². The molecule has 8 nitrogen and oxygen atoms in total. The number of imidazole rings is 1. The predicted molar refractivity (Wildman–Crippen MR) is 129 cm³/mol. The summed E-state index contributed by atoms with van der Waals surface area (Å²) in [6.45, 7) is 7.09. The number of fused-ring (bicyclic) bond motifs is 1. The van der Waals surface area contributed by atoms with Crippen molar-refractivity contribution in [2.75, 3.05) is 18.8 Å². The molecule has 3 aromatic rings. The minimum Gasteiger partial charge on any atom is -0.507 e. The third kappa shape index (κ3) is 5.45. The molecular weight excluding hydrogens is 418 g/mol. The Morgan fingerprint density at radius 2 is 1.94 bits per heavy atom. The van der Waals surface area contributed by atoms with Gasteiger partial charge in [0.25, 0.3) is 0 Å². The molecule has 3 heterocycles. The third-order valence-electron chi connectivity index (χ3n) is 5.72. The minimum absolute atomic E-state index is 0.173. The number of hydrogen-bond donors (Lipinski definition) is 2. The Kier molecular flexibility index (Phi) is 6.26. The Labute approximate surface area is 193 Å². The number of aromatic nitrogens is 3.